The fraction of sp³-hybridized carbons (Fsp3) is 0.667. The van der Waals surface area contributed by atoms with E-state index in [1.54, 1.807) is 0 Å². The van der Waals surface area contributed by atoms with Crippen LogP contribution >= 0.6 is 0 Å². The summed E-state index contributed by atoms with van der Waals surface area (Å²) in [7, 11) is 0. The van der Waals surface area contributed by atoms with Gasteiger partial charge in [0.2, 0.25) is 0 Å². The number of ether oxygens (including phenoxy) is 4. The van der Waals surface area contributed by atoms with Gasteiger partial charge in [0.1, 0.15) is 12.4 Å². The minimum atomic E-state index is 0.0414. The van der Waals surface area contributed by atoms with Crippen molar-refractivity contribution in [2.45, 2.75) is 39.5 Å². The molecule has 0 fully saturated rings. The number of rotatable bonds is 17. The minimum absolute atomic E-state index is 0.0414. The molecule has 6 heteroatoms. The highest BCUT2D eigenvalue weighted by Gasteiger charge is 2.06. The Kier molecular flexibility index (Phi) is 13.4. The standard InChI is InChI=1S/C21H35NO5/c1-18(2)21(23)17-26-15-5-13-24-11-3-4-12-25-14-6-16-27-20-9-7-19(22)8-10-20/h7-10,18H,3-6,11-17,22H2,1-2H3. The molecule has 0 atom stereocenters. The third-order valence-corrected chi connectivity index (χ3v) is 3.87. The average molecular weight is 382 g/mol. The highest BCUT2D eigenvalue weighted by Crippen LogP contribution is 2.13. The normalized spacial score (nSPS) is 11.1. The lowest BCUT2D eigenvalue weighted by Gasteiger charge is -2.08. The zero-order valence-corrected chi connectivity index (χ0v) is 16.8. The lowest BCUT2D eigenvalue weighted by molar-refractivity contribution is -0.126. The van der Waals surface area contributed by atoms with Crippen LogP contribution in [0.5, 0.6) is 5.75 Å². The molecule has 0 aliphatic heterocycles. The average Bonchev–Trinajstić information content (AvgIpc) is 2.66. The minimum Gasteiger partial charge on any atom is -0.494 e. The van der Waals surface area contributed by atoms with Crippen LogP contribution in [0.3, 0.4) is 0 Å². The predicted molar refractivity (Wildman–Crippen MR) is 107 cm³/mol. The first kappa shape index (κ1) is 23.4. The van der Waals surface area contributed by atoms with Crippen LogP contribution in [-0.4, -0.2) is 52.0 Å². The molecule has 0 saturated heterocycles. The number of Topliss-reactive ketones (excluding diaryl/α,β-unsaturated/α-hetero) is 1. The molecular formula is C21H35NO5. The van der Waals surface area contributed by atoms with Crippen LogP contribution in [0.2, 0.25) is 0 Å². The lowest BCUT2D eigenvalue weighted by atomic mass is 10.1. The molecular weight excluding hydrogens is 346 g/mol. The third kappa shape index (κ3) is 13.2. The van der Waals surface area contributed by atoms with Gasteiger partial charge in [0, 0.05) is 51.1 Å². The van der Waals surface area contributed by atoms with Crippen LogP contribution in [0.4, 0.5) is 5.69 Å². The zero-order chi connectivity index (χ0) is 19.7. The van der Waals surface area contributed by atoms with Crippen molar-refractivity contribution in [2.75, 3.05) is 52.0 Å². The monoisotopic (exact) mass is 381 g/mol. The van der Waals surface area contributed by atoms with E-state index in [0.717, 1.165) is 50.3 Å². The second kappa shape index (κ2) is 15.4. The summed E-state index contributed by atoms with van der Waals surface area (Å²) in [6.07, 6.45) is 3.64. The molecule has 27 heavy (non-hydrogen) atoms. The van der Waals surface area contributed by atoms with E-state index in [2.05, 4.69) is 0 Å². The van der Waals surface area contributed by atoms with Gasteiger partial charge in [0.05, 0.1) is 6.61 Å². The van der Waals surface area contributed by atoms with E-state index in [-0.39, 0.29) is 18.3 Å². The summed E-state index contributed by atoms with van der Waals surface area (Å²) in [6.45, 7) is 8.02. The molecule has 154 valence electrons. The fourth-order valence-electron chi connectivity index (χ4n) is 2.13. The first-order valence-electron chi connectivity index (χ1n) is 9.84. The predicted octanol–water partition coefficient (Wildman–Crippen LogP) is 3.48. The number of carbonyl (C=O) groups excluding carboxylic acids is 1. The Balaban J connectivity index is 1.76. The van der Waals surface area contributed by atoms with Gasteiger partial charge in [-0.3, -0.25) is 4.79 Å². The van der Waals surface area contributed by atoms with E-state index < -0.39 is 0 Å². The Morgan fingerprint density at radius 2 is 1.33 bits per heavy atom. The molecule has 0 heterocycles. The van der Waals surface area contributed by atoms with Crippen LogP contribution < -0.4 is 10.5 Å². The molecule has 0 bridgehead atoms. The van der Waals surface area contributed by atoms with Crippen molar-refractivity contribution in [1.29, 1.82) is 0 Å². The molecule has 0 aromatic heterocycles. The van der Waals surface area contributed by atoms with Crippen molar-refractivity contribution in [3.05, 3.63) is 24.3 Å². The molecule has 0 amide bonds. The van der Waals surface area contributed by atoms with Crippen molar-refractivity contribution >= 4 is 11.5 Å². The Labute approximate surface area is 163 Å². The van der Waals surface area contributed by atoms with Gasteiger partial charge < -0.3 is 24.7 Å². The summed E-state index contributed by atoms with van der Waals surface area (Å²) in [5.74, 6) is 1.02. The Bertz CT molecular complexity index is 490. The number of nitrogens with two attached hydrogens (primary N) is 1. The van der Waals surface area contributed by atoms with Gasteiger partial charge in [-0.05, 0) is 43.5 Å². The second-order valence-electron chi connectivity index (χ2n) is 6.73. The van der Waals surface area contributed by atoms with Gasteiger partial charge in [0.15, 0.2) is 5.78 Å². The molecule has 6 nitrogen and oxygen atoms in total. The van der Waals surface area contributed by atoms with Gasteiger partial charge in [-0.25, -0.2) is 0 Å². The van der Waals surface area contributed by atoms with Crippen molar-refractivity contribution in [3.8, 4) is 5.75 Å². The molecule has 0 aliphatic rings. The van der Waals surface area contributed by atoms with Gasteiger partial charge in [0.25, 0.3) is 0 Å². The Morgan fingerprint density at radius 1 is 0.815 bits per heavy atom. The molecule has 0 aliphatic carbocycles. The van der Waals surface area contributed by atoms with Crippen molar-refractivity contribution in [2.24, 2.45) is 5.92 Å². The smallest absolute Gasteiger partial charge is 0.160 e. The van der Waals surface area contributed by atoms with Crippen molar-refractivity contribution in [1.82, 2.24) is 0 Å². The molecule has 1 aromatic rings. The van der Waals surface area contributed by atoms with Crippen molar-refractivity contribution in [3.63, 3.8) is 0 Å². The maximum Gasteiger partial charge on any atom is 0.160 e. The first-order chi connectivity index (χ1) is 13.1. The quantitative estimate of drug-likeness (QED) is 0.329. The van der Waals surface area contributed by atoms with E-state index in [9.17, 15) is 4.79 Å². The number of hydrogen-bond donors (Lipinski definition) is 1. The van der Waals surface area contributed by atoms with E-state index in [0.29, 0.717) is 26.4 Å². The highest BCUT2D eigenvalue weighted by molar-refractivity contribution is 5.81. The number of unbranched alkanes of at least 4 members (excludes halogenated alkanes) is 1. The molecule has 0 radical (unpaired) electrons. The molecule has 0 unspecified atom stereocenters. The highest BCUT2D eigenvalue weighted by atomic mass is 16.5. The summed E-state index contributed by atoms with van der Waals surface area (Å²) < 4.78 is 22.0. The zero-order valence-electron chi connectivity index (χ0n) is 16.8. The van der Waals surface area contributed by atoms with Crippen LogP contribution in [0, 0.1) is 5.92 Å². The van der Waals surface area contributed by atoms with Crippen LogP contribution in [-0.2, 0) is 19.0 Å². The van der Waals surface area contributed by atoms with Gasteiger partial charge in [-0.2, -0.15) is 0 Å². The van der Waals surface area contributed by atoms with Gasteiger partial charge >= 0.3 is 0 Å². The lowest BCUT2D eigenvalue weighted by Crippen LogP contribution is -2.15. The third-order valence-electron chi connectivity index (χ3n) is 3.87. The number of anilines is 1. The number of ketones is 1. The van der Waals surface area contributed by atoms with Crippen LogP contribution in [0.1, 0.15) is 39.5 Å². The van der Waals surface area contributed by atoms with E-state index in [1.807, 2.05) is 38.1 Å². The second-order valence-corrected chi connectivity index (χ2v) is 6.73. The molecule has 0 saturated carbocycles. The van der Waals surface area contributed by atoms with Crippen molar-refractivity contribution < 1.29 is 23.7 Å². The van der Waals surface area contributed by atoms with E-state index in [1.165, 1.54) is 0 Å². The molecule has 0 spiro atoms. The molecule has 2 N–H and O–H groups in total. The molecule has 1 aromatic carbocycles. The summed E-state index contributed by atoms with van der Waals surface area (Å²) in [5.41, 5.74) is 6.36. The summed E-state index contributed by atoms with van der Waals surface area (Å²) in [4.78, 5) is 11.4. The fourth-order valence-corrected chi connectivity index (χ4v) is 2.13. The number of nitrogen functional groups attached to an aromatic ring is 1. The summed E-state index contributed by atoms with van der Waals surface area (Å²) in [6, 6.07) is 7.39. The number of benzene rings is 1. The SMILES string of the molecule is CC(C)C(=O)COCCCOCCCCOCCCOc1ccc(N)cc1. The Morgan fingerprint density at radius 3 is 1.93 bits per heavy atom. The Hall–Kier alpha value is -1.63. The van der Waals surface area contributed by atoms with Crippen LogP contribution in [0.25, 0.3) is 0 Å². The van der Waals surface area contributed by atoms with E-state index >= 15 is 0 Å². The summed E-state index contributed by atoms with van der Waals surface area (Å²) in [5, 5.41) is 0. The maximum atomic E-state index is 11.4. The van der Waals surface area contributed by atoms with Crippen LogP contribution in [0.15, 0.2) is 24.3 Å². The number of carbonyl (C=O) groups is 1. The first-order valence-corrected chi connectivity index (χ1v) is 9.84. The largest absolute Gasteiger partial charge is 0.494 e. The number of hydrogen-bond acceptors (Lipinski definition) is 6. The van der Waals surface area contributed by atoms with E-state index in [4.69, 9.17) is 24.7 Å². The molecule has 1 rings (SSSR count). The maximum absolute atomic E-state index is 11.4. The van der Waals surface area contributed by atoms with Gasteiger partial charge in [-0.1, -0.05) is 13.8 Å². The summed E-state index contributed by atoms with van der Waals surface area (Å²) >= 11 is 0. The van der Waals surface area contributed by atoms with Gasteiger partial charge in [-0.15, -0.1) is 0 Å². The topological polar surface area (TPSA) is 80.0 Å².